The first-order chi connectivity index (χ1) is 8.08. The fraction of sp³-hybridized carbons (Fsp3) is 0.273. The van der Waals surface area contributed by atoms with E-state index in [4.69, 9.17) is 11.6 Å². The Morgan fingerprint density at radius 3 is 2.59 bits per heavy atom. The number of amides is 2. The minimum absolute atomic E-state index is 0.000935. The molecule has 0 aromatic heterocycles. The highest BCUT2D eigenvalue weighted by Crippen LogP contribution is 2.28. The second-order valence-corrected chi connectivity index (χ2v) is 4.25. The average Bonchev–Trinajstić information content (AvgIpc) is 3.09. The molecule has 17 heavy (non-hydrogen) atoms. The van der Waals surface area contributed by atoms with E-state index >= 15 is 0 Å². The van der Waals surface area contributed by atoms with Crippen LogP contribution in [-0.2, 0) is 4.79 Å². The van der Waals surface area contributed by atoms with E-state index in [1.165, 1.54) is 6.07 Å². The number of carbonyl (C=O) groups excluding carboxylic acids is 2. The van der Waals surface area contributed by atoms with Crippen LogP contribution in [0.15, 0.2) is 18.2 Å². The summed E-state index contributed by atoms with van der Waals surface area (Å²) in [6.45, 7) is 0. The molecule has 1 aromatic rings. The highest BCUT2D eigenvalue weighted by atomic mass is 35.5. The van der Waals surface area contributed by atoms with Gasteiger partial charge in [0.25, 0.3) is 5.91 Å². The molecule has 6 heteroatoms. The molecule has 1 aliphatic carbocycles. The van der Waals surface area contributed by atoms with Gasteiger partial charge in [-0.3, -0.25) is 20.4 Å². The molecule has 2 amide bonds. The molecule has 0 heterocycles. The summed E-state index contributed by atoms with van der Waals surface area (Å²) < 4.78 is 12.8. The average molecular weight is 257 g/mol. The quantitative estimate of drug-likeness (QED) is 0.791. The Morgan fingerprint density at radius 1 is 1.29 bits per heavy atom. The van der Waals surface area contributed by atoms with E-state index in [0.29, 0.717) is 0 Å². The van der Waals surface area contributed by atoms with Crippen molar-refractivity contribution in [3.63, 3.8) is 0 Å². The van der Waals surface area contributed by atoms with Gasteiger partial charge in [-0.25, -0.2) is 4.39 Å². The smallest absolute Gasteiger partial charge is 0.271 e. The third-order valence-electron chi connectivity index (χ3n) is 2.42. The molecule has 4 nitrogen and oxygen atoms in total. The van der Waals surface area contributed by atoms with Gasteiger partial charge in [-0.05, 0) is 31.0 Å². The Kier molecular flexibility index (Phi) is 3.28. The van der Waals surface area contributed by atoms with Crippen molar-refractivity contribution >= 4 is 23.4 Å². The monoisotopic (exact) mass is 256 g/mol. The molecule has 0 atom stereocenters. The molecule has 2 rings (SSSR count). The van der Waals surface area contributed by atoms with Gasteiger partial charge in [0.05, 0.1) is 10.6 Å². The number of nitrogens with one attached hydrogen (secondary N) is 2. The third kappa shape index (κ3) is 2.94. The van der Waals surface area contributed by atoms with Gasteiger partial charge in [0, 0.05) is 5.92 Å². The summed E-state index contributed by atoms with van der Waals surface area (Å²) in [5, 5.41) is 0.00294. The third-order valence-corrected chi connectivity index (χ3v) is 2.74. The predicted molar refractivity (Wildman–Crippen MR) is 59.7 cm³/mol. The molecule has 90 valence electrons. The number of halogens is 2. The Hall–Kier alpha value is -1.62. The molecule has 1 aliphatic rings. The van der Waals surface area contributed by atoms with E-state index in [9.17, 15) is 14.0 Å². The molecule has 0 spiro atoms. The van der Waals surface area contributed by atoms with Gasteiger partial charge < -0.3 is 0 Å². The molecule has 0 unspecified atom stereocenters. The van der Waals surface area contributed by atoms with Crippen molar-refractivity contribution in [1.82, 2.24) is 10.9 Å². The second-order valence-electron chi connectivity index (χ2n) is 3.84. The fourth-order valence-electron chi connectivity index (χ4n) is 1.31. The van der Waals surface area contributed by atoms with Crippen molar-refractivity contribution in [2.24, 2.45) is 5.92 Å². The molecule has 1 fully saturated rings. The van der Waals surface area contributed by atoms with Crippen molar-refractivity contribution in [2.45, 2.75) is 12.8 Å². The van der Waals surface area contributed by atoms with Gasteiger partial charge in [-0.2, -0.15) is 0 Å². The van der Waals surface area contributed by atoms with E-state index in [1.807, 2.05) is 0 Å². The van der Waals surface area contributed by atoms with E-state index in [0.717, 1.165) is 25.0 Å². The standard InChI is InChI=1S/C11H10ClFN2O2/c12-9-5-7(13)3-4-8(9)11(17)15-14-10(16)6-1-2-6/h3-6H,1-2H2,(H,14,16)(H,15,17). The lowest BCUT2D eigenvalue weighted by Gasteiger charge is -2.07. The van der Waals surface area contributed by atoms with Crippen molar-refractivity contribution < 1.29 is 14.0 Å². The first-order valence-electron chi connectivity index (χ1n) is 5.13. The molecular weight excluding hydrogens is 247 g/mol. The summed E-state index contributed by atoms with van der Waals surface area (Å²) >= 11 is 5.70. The predicted octanol–water partition coefficient (Wildman–Crippen LogP) is 1.65. The van der Waals surface area contributed by atoms with Crippen LogP contribution in [0.25, 0.3) is 0 Å². The molecule has 2 N–H and O–H groups in total. The zero-order valence-corrected chi connectivity index (χ0v) is 9.55. The van der Waals surface area contributed by atoms with Gasteiger partial charge >= 0.3 is 0 Å². The van der Waals surface area contributed by atoms with Gasteiger partial charge in [0.1, 0.15) is 5.82 Å². The lowest BCUT2D eigenvalue weighted by Crippen LogP contribution is -2.42. The first kappa shape index (κ1) is 11.9. The van der Waals surface area contributed by atoms with Gasteiger partial charge in [0.15, 0.2) is 0 Å². The maximum atomic E-state index is 12.8. The Morgan fingerprint density at radius 2 is 2.00 bits per heavy atom. The largest absolute Gasteiger partial charge is 0.273 e. The van der Waals surface area contributed by atoms with Crippen LogP contribution >= 0.6 is 11.6 Å². The topological polar surface area (TPSA) is 58.2 Å². The van der Waals surface area contributed by atoms with E-state index < -0.39 is 11.7 Å². The summed E-state index contributed by atoms with van der Waals surface area (Å²) in [7, 11) is 0. The highest BCUT2D eigenvalue weighted by Gasteiger charge is 2.29. The van der Waals surface area contributed by atoms with Crippen LogP contribution in [0.2, 0.25) is 5.02 Å². The number of hydrogen-bond acceptors (Lipinski definition) is 2. The molecule has 0 bridgehead atoms. The number of rotatable bonds is 2. The Balaban J connectivity index is 1.96. The number of carbonyl (C=O) groups is 2. The van der Waals surface area contributed by atoms with Gasteiger partial charge in [-0.1, -0.05) is 11.6 Å². The van der Waals surface area contributed by atoms with Crippen LogP contribution in [0.4, 0.5) is 4.39 Å². The van der Waals surface area contributed by atoms with E-state index in [-0.39, 0.29) is 22.4 Å². The zero-order valence-electron chi connectivity index (χ0n) is 8.80. The molecule has 0 saturated heterocycles. The van der Waals surface area contributed by atoms with Crippen molar-refractivity contribution in [1.29, 1.82) is 0 Å². The summed E-state index contributed by atoms with van der Waals surface area (Å²) in [6.07, 6.45) is 1.69. The van der Waals surface area contributed by atoms with Gasteiger partial charge in [0.2, 0.25) is 5.91 Å². The van der Waals surface area contributed by atoms with Crippen molar-refractivity contribution in [3.8, 4) is 0 Å². The molecular formula is C11H10ClFN2O2. The SMILES string of the molecule is O=C(NNC(=O)C1CC1)c1ccc(F)cc1Cl. The lowest BCUT2D eigenvalue weighted by molar-refractivity contribution is -0.123. The number of hydrazine groups is 1. The van der Waals surface area contributed by atoms with E-state index in [2.05, 4.69) is 10.9 Å². The minimum atomic E-state index is -0.566. The van der Waals surface area contributed by atoms with Crippen molar-refractivity contribution in [2.75, 3.05) is 0 Å². The minimum Gasteiger partial charge on any atom is -0.273 e. The summed E-state index contributed by atoms with van der Waals surface area (Å²) in [4.78, 5) is 22.9. The number of benzene rings is 1. The maximum absolute atomic E-state index is 12.8. The second kappa shape index (κ2) is 4.71. The van der Waals surface area contributed by atoms with Crippen LogP contribution in [0.5, 0.6) is 0 Å². The summed E-state index contributed by atoms with van der Waals surface area (Å²) in [5.41, 5.74) is 4.64. The zero-order chi connectivity index (χ0) is 12.4. The normalized spacial score (nSPS) is 14.2. The maximum Gasteiger partial charge on any atom is 0.271 e. The lowest BCUT2D eigenvalue weighted by atomic mass is 10.2. The van der Waals surface area contributed by atoms with Crippen LogP contribution < -0.4 is 10.9 Å². The summed E-state index contributed by atoms with van der Waals surface area (Å²) in [5.74, 6) is -1.30. The molecule has 0 radical (unpaired) electrons. The Bertz CT molecular complexity index is 475. The van der Waals surface area contributed by atoms with Gasteiger partial charge in [-0.15, -0.1) is 0 Å². The first-order valence-corrected chi connectivity index (χ1v) is 5.51. The molecule has 1 aromatic carbocycles. The van der Waals surface area contributed by atoms with Crippen LogP contribution in [0, 0.1) is 11.7 Å². The van der Waals surface area contributed by atoms with E-state index in [1.54, 1.807) is 0 Å². The van der Waals surface area contributed by atoms with Crippen molar-refractivity contribution in [3.05, 3.63) is 34.6 Å². The Labute approximate surface area is 102 Å². The van der Waals surface area contributed by atoms with Crippen LogP contribution in [0.1, 0.15) is 23.2 Å². The summed E-state index contributed by atoms with van der Waals surface area (Å²) in [6, 6.07) is 3.43. The number of hydrogen-bond donors (Lipinski definition) is 2. The molecule has 0 aliphatic heterocycles. The highest BCUT2D eigenvalue weighted by molar-refractivity contribution is 6.33. The fourth-order valence-corrected chi connectivity index (χ4v) is 1.56. The van der Waals surface area contributed by atoms with Crippen LogP contribution in [0.3, 0.4) is 0 Å². The van der Waals surface area contributed by atoms with Crippen LogP contribution in [-0.4, -0.2) is 11.8 Å². The molecule has 1 saturated carbocycles.